The van der Waals surface area contributed by atoms with Gasteiger partial charge in [-0.15, -0.1) is 0 Å². The van der Waals surface area contributed by atoms with Gasteiger partial charge in [0.05, 0.1) is 0 Å². The number of hydrogen-bond donors (Lipinski definition) is 1. The molecule has 4 saturated carbocycles. The van der Waals surface area contributed by atoms with E-state index in [1.165, 1.54) is 45.1 Å². The van der Waals surface area contributed by atoms with E-state index in [0.717, 1.165) is 48.8 Å². The molecule has 1 aliphatic heterocycles. The third kappa shape index (κ3) is 2.12. The lowest BCUT2D eigenvalue weighted by atomic mass is 9.54. The standard InChI is InChI=1S/C16H27NO/c1(11-2-4-18-10-11)3-17-16-14-6-12-5-13(8-14)9-15(16)7-12/h11-17H,1-10H2. The molecule has 5 aliphatic rings. The van der Waals surface area contributed by atoms with Crippen molar-refractivity contribution in [1.82, 2.24) is 5.32 Å². The highest BCUT2D eigenvalue weighted by molar-refractivity contribution is 5.01. The smallest absolute Gasteiger partial charge is 0.0495 e. The third-order valence-corrected chi connectivity index (χ3v) is 6.18. The molecule has 0 aromatic heterocycles. The zero-order chi connectivity index (χ0) is 11.9. The highest BCUT2D eigenvalue weighted by Crippen LogP contribution is 2.53. The molecule has 1 atom stereocenters. The summed E-state index contributed by atoms with van der Waals surface area (Å²) in [6.45, 7) is 3.26. The van der Waals surface area contributed by atoms with E-state index in [1.807, 2.05) is 0 Å². The van der Waals surface area contributed by atoms with E-state index in [-0.39, 0.29) is 0 Å². The fraction of sp³-hybridized carbons (Fsp3) is 1.00. The van der Waals surface area contributed by atoms with E-state index < -0.39 is 0 Å². The molecule has 4 aliphatic carbocycles. The summed E-state index contributed by atoms with van der Waals surface area (Å²) in [6.07, 6.45) is 10.4. The maximum atomic E-state index is 5.47. The van der Waals surface area contributed by atoms with Gasteiger partial charge in [0.15, 0.2) is 0 Å². The highest BCUT2D eigenvalue weighted by Gasteiger charge is 2.47. The minimum Gasteiger partial charge on any atom is -0.381 e. The first kappa shape index (κ1) is 11.7. The van der Waals surface area contributed by atoms with E-state index in [0.29, 0.717) is 0 Å². The second kappa shape index (κ2) is 4.79. The SMILES string of the molecule is C(CC1CCOC1)NC1C2CC3CC(C2)CC1C3. The van der Waals surface area contributed by atoms with Crippen LogP contribution in [-0.2, 0) is 4.74 Å². The predicted molar refractivity (Wildman–Crippen MR) is 72.4 cm³/mol. The van der Waals surface area contributed by atoms with Crippen molar-refractivity contribution in [3.8, 4) is 0 Å². The third-order valence-electron chi connectivity index (χ3n) is 6.18. The summed E-state index contributed by atoms with van der Waals surface area (Å²) in [5.41, 5.74) is 0. The zero-order valence-corrected chi connectivity index (χ0v) is 11.4. The minimum absolute atomic E-state index is 0.842. The summed E-state index contributed by atoms with van der Waals surface area (Å²) in [6, 6.07) is 0.875. The van der Waals surface area contributed by atoms with Gasteiger partial charge in [-0.05, 0) is 81.1 Å². The first-order valence-corrected chi connectivity index (χ1v) is 8.19. The van der Waals surface area contributed by atoms with Crippen molar-refractivity contribution in [3.63, 3.8) is 0 Å². The molecule has 1 heterocycles. The van der Waals surface area contributed by atoms with Crippen LogP contribution < -0.4 is 5.32 Å². The van der Waals surface area contributed by atoms with E-state index in [4.69, 9.17) is 4.74 Å². The van der Waals surface area contributed by atoms with Crippen molar-refractivity contribution >= 4 is 0 Å². The van der Waals surface area contributed by atoms with Gasteiger partial charge in [0, 0.05) is 19.3 Å². The van der Waals surface area contributed by atoms with E-state index >= 15 is 0 Å². The molecule has 0 amide bonds. The van der Waals surface area contributed by atoms with Gasteiger partial charge in [0.25, 0.3) is 0 Å². The van der Waals surface area contributed by atoms with Gasteiger partial charge in [0.1, 0.15) is 0 Å². The van der Waals surface area contributed by atoms with Crippen molar-refractivity contribution in [1.29, 1.82) is 0 Å². The number of rotatable bonds is 4. The molecular weight excluding hydrogens is 222 g/mol. The van der Waals surface area contributed by atoms with Gasteiger partial charge in [-0.3, -0.25) is 0 Å². The molecule has 18 heavy (non-hydrogen) atoms. The van der Waals surface area contributed by atoms with Crippen LogP contribution in [0.2, 0.25) is 0 Å². The second-order valence-electron chi connectivity index (χ2n) is 7.43. The Morgan fingerprint density at radius 3 is 2.28 bits per heavy atom. The van der Waals surface area contributed by atoms with E-state index in [2.05, 4.69) is 5.32 Å². The Hall–Kier alpha value is -0.0800. The van der Waals surface area contributed by atoms with Gasteiger partial charge < -0.3 is 10.1 Å². The number of hydrogen-bond acceptors (Lipinski definition) is 2. The van der Waals surface area contributed by atoms with Crippen LogP contribution in [0.5, 0.6) is 0 Å². The quantitative estimate of drug-likeness (QED) is 0.827. The normalized spacial score (nSPS) is 50.0. The molecule has 0 spiro atoms. The maximum absolute atomic E-state index is 5.47. The zero-order valence-electron chi connectivity index (χ0n) is 11.4. The van der Waals surface area contributed by atoms with Gasteiger partial charge >= 0.3 is 0 Å². The molecule has 2 heteroatoms. The van der Waals surface area contributed by atoms with Crippen LogP contribution in [0.3, 0.4) is 0 Å². The summed E-state index contributed by atoms with van der Waals surface area (Å²) in [4.78, 5) is 0. The Bertz CT molecular complexity index is 269. The fourth-order valence-corrected chi connectivity index (χ4v) is 5.52. The van der Waals surface area contributed by atoms with Gasteiger partial charge in [-0.25, -0.2) is 0 Å². The molecule has 2 nitrogen and oxygen atoms in total. The lowest BCUT2D eigenvalue weighted by molar-refractivity contribution is -0.0139. The lowest BCUT2D eigenvalue weighted by Crippen LogP contribution is -2.54. The summed E-state index contributed by atoms with van der Waals surface area (Å²) in [5.74, 6) is 5.11. The first-order valence-electron chi connectivity index (χ1n) is 8.19. The molecule has 5 fully saturated rings. The Morgan fingerprint density at radius 2 is 1.67 bits per heavy atom. The molecule has 1 N–H and O–H groups in total. The molecule has 102 valence electrons. The molecular formula is C16H27NO. The summed E-state index contributed by atoms with van der Waals surface area (Å²) in [5, 5.41) is 3.94. The summed E-state index contributed by atoms with van der Waals surface area (Å²) in [7, 11) is 0. The number of ether oxygens (including phenoxy) is 1. The molecule has 1 saturated heterocycles. The largest absolute Gasteiger partial charge is 0.381 e. The summed E-state index contributed by atoms with van der Waals surface area (Å²) >= 11 is 0. The van der Waals surface area contributed by atoms with E-state index in [1.54, 1.807) is 6.42 Å². The van der Waals surface area contributed by atoms with Gasteiger partial charge in [0.2, 0.25) is 0 Å². The first-order chi connectivity index (χ1) is 8.88. The molecule has 4 bridgehead atoms. The average Bonchev–Trinajstić information content (AvgIpc) is 2.85. The fourth-order valence-electron chi connectivity index (χ4n) is 5.52. The highest BCUT2D eigenvalue weighted by atomic mass is 16.5. The van der Waals surface area contributed by atoms with Crippen LogP contribution >= 0.6 is 0 Å². The van der Waals surface area contributed by atoms with Crippen LogP contribution in [-0.4, -0.2) is 25.8 Å². The summed E-state index contributed by atoms with van der Waals surface area (Å²) < 4.78 is 5.47. The topological polar surface area (TPSA) is 21.3 Å². The predicted octanol–water partition coefficient (Wildman–Crippen LogP) is 2.83. The lowest BCUT2D eigenvalue weighted by Gasteiger charge is -2.54. The van der Waals surface area contributed by atoms with Crippen LogP contribution in [0.4, 0.5) is 0 Å². The Balaban J connectivity index is 1.29. The molecule has 1 unspecified atom stereocenters. The monoisotopic (exact) mass is 249 g/mol. The Morgan fingerprint density at radius 1 is 0.944 bits per heavy atom. The van der Waals surface area contributed by atoms with Crippen LogP contribution in [0, 0.1) is 29.6 Å². The van der Waals surface area contributed by atoms with Crippen LogP contribution in [0.15, 0.2) is 0 Å². The van der Waals surface area contributed by atoms with Crippen LogP contribution in [0.25, 0.3) is 0 Å². The van der Waals surface area contributed by atoms with Gasteiger partial charge in [-0.2, -0.15) is 0 Å². The van der Waals surface area contributed by atoms with Crippen molar-refractivity contribution in [2.24, 2.45) is 29.6 Å². The number of nitrogens with one attached hydrogen (secondary N) is 1. The van der Waals surface area contributed by atoms with Crippen molar-refractivity contribution < 1.29 is 4.74 Å². The molecule has 0 radical (unpaired) electrons. The maximum Gasteiger partial charge on any atom is 0.0495 e. The minimum atomic E-state index is 0.842. The van der Waals surface area contributed by atoms with Gasteiger partial charge in [-0.1, -0.05) is 0 Å². The Kier molecular flexibility index (Phi) is 3.12. The second-order valence-corrected chi connectivity index (χ2v) is 7.43. The molecule has 0 aromatic carbocycles. The van der Waals surface area contributed by atoms with Crippen molar-refractivity contribution in [2.75, 3.05) is 19.8 Å². The van der Waals surface area contributed by atoms with Crippen molar-refractivity contribution in [2.45, 2.75) is 51.0 Å². The van der Waals surface area contributed by atoms with E-state index in [9.17, 15) is 0 Å². The molecule has 0 aromatic rings. The Labute approximate surface area is 111 Å². The average molecular weight is 249 g/mol. The van der Waals surface area contributed by atoms with Crippen molar-refractivity contribution in [3.05, 3.63) is 0 Å². The van der Waals surface area contributed by atoms with Crippen LogP contribution in [0.1, 0.15) is 44.9 Å². The molecule has 5 rings (SSSR count).